The Labute approximate surface area is 98.9 Å². The summed E-state index contributed by atoms with van der Waals surface area (Å²) in [5.41, 5.74) is 0.478. The molecule has 0 aromatic heterocycles. The molecule has 1 rings (SSSR count). The van der Waals surface area contributed by atoms with Crippen molar-refractivity contribution in [2.24, 2.45) is 0 Å². The molecule has 0 saturated heterocycles. The van der Waals surface area contributed by atoms with E-state index in [2.05, 4.69) is 13.2 Å². The zero-order valence-electron chi connectivity index (χ0n) is 8.98. The van der Waals surface area contributed by atoms with Crippen LogP contribution in [0.5, 0.6) is 0 Å². The monoisotopic (exact) mass is 256 g/mol. The Balaban J connectivity index is 0.000000437. The lowest BCUT2D eigenvalue weighted by molar-refractivity contribution is -0.131. The summed E-state index contributed by atoms with van der Waals surface area (Å²) in [7, 11) is -4.17. The maximum atomic E-state index is 10.7. The van der Waals surface area contributed by atoms with Crippen LogP contribution in [0.15, 0.2) is 49.6 Å². The van der Waals surface area contributed by atoms with Crippen LogP contribution < -0.4 is 0 Å². The molecule has 0 aliphatic rings. The van der Waals surface area contributed by atoms with E-state index in [-0.39, 0.29) is 5.31 Å². The molecule has 1 aromatic rings. The van der Waals surface area contributed by atoms with Gasteiger partial charge in [0.05, 0.1) is 5.31 Å². The average molecular weight is 256 g/mol. The van der Waals surface area contributed by atoms with Crippen LogP contribution in [0.4, 0.5) is 0 Å². The molecule has 6 heteroatoms. The summed E-state index contributed by atoms with van der Waals surface area (Å²) in [5, 5.41) is 7.47. The van der Waals surface area contributed by atoms with Crippen molar-refractivity contribution in [3.05, 3.63) is 55.1 Å². The van der Waals surface area contributed by atoms with Gasteiger partial charge in [0.1, 0.15) is 0 Å². The van der Waals surface area contributed by atoms with Crippen molar-refractivity contribution >= 4 is 18.9 Å². The van der Waals surface area contributed by atoms with Gasteiger partial charge in [-0.25, -0.2) is 4.79 Å². The average Bonchev–Trinajstić information content (AvgIpc) is 2.29. The molecule has 0 saturated carbocycles. The molecule has 1 aromatic carbocycles. The standard InChI is InChI=1S/C8H9O3P.C3H4O2/c1-7(12(9,10)11)8-5-3-2-4-6-8;1-2-3(4)5/h2-6H,1H2,(H2,9,10,11);2H,1H2,(H,4,5). The van der Waals surface area contributed by atoms with Crippen LogP contribution in [-0.2, 0) is 9.36 Å². The Morgan fingerprint density at radius 2 is 1.65 bits per heavy atom. The first kappa shape index (κ1) is 15.3. The van der Waals surface area contributed by atoms with E-state index in [0.717, 1.165) is 6.08 Å². The lowest BCUT2D eigenvalue weighted by Gasteiger charge is -2.06. The molecule has 0 atom stereocenters. The van der Waals surface area contributed by atoms with Gasteiger partial charge in [-0.1, -0.05) is 43.5 Å². The second-order valence-corrected chi connectivity index (χ2v) is 4.53. The summed E-state index contributed by atoms with van der Waals surface area (Å²) in [5.74, 6) is -0.981. The third-order valence-electron chi connectivity index (χ3n) is 1.63. The predicted octanol–water partition coefficient (Wildman–Crippen LogP) is 2.09. The summed E-state index contributed by atoms with van der Waals surface area (Å²) in [6, 6.07) is 8.41. The Bertz CT molecular complexity index is 446. The molecule has 0 amide bonds. The molecular formula is C11H13O5P. The Kier molecular flexibility index (Phi) is 6.13. The van der Waals surface area contributed by atoms with Crippen molar-refractivity contribution < 1.29 is 24.3 Å². The number of aliphatic carboxylic acids is 1. The molecule has 17 heavy (non-hydrogen) atoms. The van der Waals surface area contributed by atoms with Gasteiger partial charge in [-0.3, -0.25) is 4.57 Å². The number of carboxylic acids is 1. The molecule has 0 unspecified atom stereocenters. The van der Waals surface area contributed by atoms with E-state index in [1.54, 1.807) is 30.3 Å². The normalized spacial score (nSPS) is 9.76. The summed E-state index contributed by atoms with van der Waals surface area (Å²) in [6.07, 6.45) is 0.833. The maximum absolute atomic E-state index is 10.7. The zero-order chi connectivity index (χ0) is 13.5. The SMILES string of the molecule is C=C(c1ccccc1)P(=O)(O)O.C=CC(=O)O. The number of rotatable bonds is 3. The fourth-order valence-corrected chi connectivity index (χ4v) is 1.28. The number of hydrogen-bond acceptors (Lipinski definition) is 2. The first-order valence-electron chi connectivity index (χ1n) is 4.45. The minimum Gasteiger partial charge on any atom is -0.478 e. The van der Waals surface area contributed by atoms with Crippen LogP contribution in [0.1, 0.15) is 5.56 Å². The summed E-state index contributed by atoms with van der Waals surface area (Å²) < 4.78 is 10.7. The van der Waals surface area contributed by atoms with Crippen molar-refractivity contribution in [3.8, 4) is 0 Å². The Hall–Kier alpha value is -1.68. The van der Waals surface area contributed by atoms with E-state index in [9.17, 15) is 9.36 Å². The topological polar surface area (TPSA) is 94.8 Å². The number of hydrogen-bond donors (Lipinski definition) is 3. The molecule has 0 bridgehead atoms. The number of carbonyl (C=O) groups is 1. The third-order valence-corrected chi connectivity index (χ3v) is 2.59. The minimum atomic E-state index is -4.17. The summed E-state index contributed by atoms with van der Waals surface area (Å²) >= 11 is 0. The van der Waals surface area contributed by atoms with E-state index < -0.39 is 13.6 Å². The minimum absolute atomic E-state index is 0.136. The van der Waals surface area contributed by atoms with Gasteiger partial charge in [0, 0.05) is 6.08 Å². The number of benzene rings is 1. The van der Waals surface area contributed by atoms with Crippen molar-refractivity contribution in [1.29, 1.82) is 0 Å². The van der Waals surface area contributed by atoms with Gasteiger partial charge in [-0.2, -0.15) is 0 Å². The van der Waals surface area contributed by atoms with Crippen LogP contribution in [0.25, 0.3) is 5.31 Å². The maximum Gasteiger partial charge on any atom is 0.356 e. The summed E-state index contributed by atoms with van der Waals surface area (Å²) in [6.45, 7) is 6.29. The Morgan fingerprint density at radius 3 is 1.94 bits per heavy atom. The largest absolute Gasteiger partial charge is 0.478 e. The molecule has 0 radical (unpaired) electrons. The van der Waals surface area contributed by atoms with Crippen molar-refractivity contribution in [2.75, 3.05) is 0 Å². The van der Waals surface area contributed by atoms with Crippen LogP contribution in [-0.4, -0.2) is 20.9 Å². The van der Waals surface area contributed by atoms with E-state index in [1.807, 2.05) is 0 Å². The fourth-order valence-electron chi connectivity index (χ4n) is 0.799. The first-order valence-corrected chi connectivity index (χ1v) is 6.06. The lowest BCUT2D eigenvalue weighted by atomic mass is 10.2. The van der Waals surface area contributed by atoms with Gasteiger partial charge in [0.15, 0.2) is 0 Å². The molecule has 5 nitrogen and oxygen atoms in total. The second-order valence-electron chi connectivity index (χ2n) is 2.90. The van der Waals surface area contributed by atoms with Gasteiger partial charge < -0.3 is 14.9 Å². The predicted molar refractivity (Wildman–Crippen MR) is 65.4 cm³/mol. The highest BCUT2D eigenvalue weighted by molar-refractivity contribution is 7.63. The first-order chi connectivity index (χ1) is 7.79. The molecular weight excluding hydrogens is 243 g/mol. The van der Waals surface area contributed by atoms with Gasteiger partial charge >= 0.3 is 13.6 Å². The zero-order valence-corrected chi connectivity index (χ0v) is 9.88. The van der Waals surface area contributed by atoms with Gasteiger partial charge in [0.2, 0.25) is 0 Å². The lowest BCUT2D eigenvalue weighted by Crippen LogP contribution is -1.83. The van der Waals surface area contributed by atoms with E-state index in [0.29, 0.717) is 5.56 Å². The van der Waals surface area contributed by atoms with E-state index >= 15 is 0 Å². The van der Waals surface area contributed by atoms with Crippen molar-refractivity contribution in [3.63, 3.8) is 0 Å². The van der Waals surface area contributed by atoms with Crippen LogP contribution >= 0.6 is 7.60 Å². The molecule has 92 valence electrons. The van der Waals surface area contributed by atoms with Gasteiger partial charge in [-0.15, -0.1) is 0 Å². The smallest absolute Gasteiger partial charge is 0.356 e. The fraction of sp³-hybridized carbons (Fsp3) is 0. The number of carboxylic acid groups (broad SMARTS) is 1. The molecule has 0 aliphatic heterocycles. The van der Waals surface area contributed by atoms with Crippen molar-refractivity contribution in [2.45, 2.75) is 0 Å². The molecule has 0 spiro atoms. The van der Waals surface area contributed by atoms with E-state index in [4.69, 9.17) is 14.9 Å². The second kappa shape index (κ2) is 6.81. The van der Waals surface area contributed by atoms with Crippen LogP contribution in [0.2, 0.25) is 0 Å². The molecule has 0 aliphatic carbocycles. The van der Waals surface area contributed by atoms with Crippen LogP contribution in [0, 0.1) is 0 Å². The quantitative estimate of drug-likeness (QED) is 0.568. The highest BCUT2D eigenvalue weighted by atomic mass is 31.2. The van der Waals surface area contributed by atoms with Crippen LogP contribution in [0.3, 0.4) is 0 Å². The third kappa shape index (κ3) is 6.48. The highest BCUT2D eigenvalue weighted by Crippen LogP contribution is 2.49. The van der Waals surface area contributed by atoms with Gasteiger partial charge in [0.25, 0.3) is 0 Å². The molecule has 0 fully saturated rings. The van der Waals surface area contributed by atoms with E-state index in [1.165, 1.54) is 0 Å². The van der Waals surface area contributed by atoms with Crippen molar-refractivity contribution in [1.82, 2.24) is 0 Å². The Morgan fingerprint density at radius 1 is 1.24 bits per heavy atom. The summed E-state index contributed by atoms with van der Waals surface area (Å²) in [4.78, 5) is 26.8. The molecule has 3 N–H and O–H groups in total. The van der Waals surface area contributed by atoms with Gasteiger partial charge in [-0.05, 0) is 5.56 Å². The highest BCUT2D eigenvalue weighted by Gasteiger charge is 2.19. The molecule has 0 heterocycles.